The highest BCUT2D eigenvalue weighted by atomic mass is 32.2. The number of rotatable bonds is 4. The van der Waals surface area contributed by atoms with Crippen LogP contribution in [-0.2, 0) is 20.0 Å². The minimum absolute atomic E-state index is 0.704. The van der Waals surface area contributed by atoms with Crippen LogP contribution in [0, 0.1) is 0 Å². The SMILES string of the molecule is CCc1cc(CNC2CCSC2)n(C)n1. The van der Waals surface area contributed by atoms with E-state index in [0.29, 0.717) is 6.04 Å². The average Bonchev–Trinajstić information content (AvgIpc) is 2.84. The summed E-state index contributed by atoms with van der Waals surface area (Å²) in [5.74, 6) is 2.57. The van der Waals surface area contributed by atoms with Gasteiger partial charge in [-0.25, -0.2) is 0 Å². The summed E-state index contributed by atoms with van der Waals surface area (Å²) < 4.78 is 1.99. The largest absolute Gasteiger partial charge is 0.308 e. The summed E-state index contributed by atoms with van der Waals surface area (Å²) >= 11 is 2.05. The molecular formula is C11H19N3S. The summed E-state index contributed by atoms with van der Waals surface area (Å²) in [5, 5.41) is 8.04. The van der Waals surface area contributed by atoms with Gasteiger partial charge in [0.15, 0.2) is 0 Å². The Morgan fingerprint density at radius 1 is 1.67 bits per heavy atom. The fourth-order valence-corrected chi connectivity index (χ4v) is 3.04. The Balaban J connectivity index is 1.89. The smallest absolute Gasteiger partial charge is 0.0625 e. The zero-order valence-corrected chi connectivity index (χ0v) is 10.3. The van der Waals surface area contributed by atoms with Crippen molar-refractivity contribution in [3.63, 3.8) is 0 Å². The fraction of sp³-hybridized carbons (Fsp3) is 0.727. The van der Waals surface area contributed by atoms with Gasteiger partial charge in [0.1, 0.15) is 0 Å². The highest BCUT2D eigenvalue weighted by molar-refractivity contribution is 7.99. The third-order valence-electron chi connectivity index (χ3n) is 2.89. The Morgan fingerprint density at radius 2 is 2.53 bits per heavy atom. The summed E-state index contributed by atoms with van der Waals surface area (Å²) in [7, 11) is 2.03. The molecule has 0 aromatic carbocycles. The van der Waals surface area contributed by atoms with Gasteiger partial charge >= 0.3 is 0 Å². The molecule has 1 N–H and O–H groups in total. The number of hydrogen-bond donors (Lipinski definition) is 1. The van der Waals surface area contributed by atoms with Crippen LogP contribution in [0.15, 0.2) is 6.07 Å². The number of aromatic nitrogens is 2. The molecule has 1 aliphatic heterocycles. The predicted octanol–water partition coefficient (Wildman–Crippen LogP) is 1.58. The van der Waals surface area contributed by atoms with Gasteiger partial charge in [0.2, 0.25) is 0 Å². The molecule has 2 rings (SSSR count). The van der Waals surface area contributed by atoms with Gasteiger partial charge in [0.25, 0.3) is 0 Å². The Labute approximate surface area is 95.6 Å². The van der Waals surface area contributed by atoms with Gasteiger partial charge in [-0.05, 0) is 24.7 Å². The van der Waals surface area contributed by atoms with Crippen molar-refractivity contribution in [2.45, 2.75) is 32.4 Å². The minimum atomic E-state index is 0.704. The second-order valence-corrected chi connectivity index (χ2v) is 5.20. The molecule has 2 heterocycles. The maximum Gasteiger partial charge on any atom is 0.0625 e. The first-order valence-electron chi connectivity index (χ1n) is 5.62. The predicted molar refractivity (Wildman–Crippen MR) is 65.2 cm³/mol. The van der Waals surface area contributed by atoms with Crippen LogP contribution in [0.3, 0.4) is 0 Å². The Morgan fingerprint density at radius 3 is 3.13 bits per heavy atom. The number of hydrogen-bond acceptors (Lipinski definition) is 3. The molecule has 1 saturated heterocycles. The van der Waals surface area contributed by atoms with Crippen LogP contribution < -0.4 is 5.32 Å². The normalized spacial score (nSPS) is 21.1. The molecule has 0 bridgehead atoms. The van der Waals surface area contributed by atoms with Crippen molar-refractivity contribution in [1.82, 2.24) is 15.1 Å². The van der Waals surface area contributed by atoms with E-state index in [-0.39, 0.29) is 0 Å². The monoisotopic (exact) mass is 225 g/mol. The molecular weight excluding hydrogens is 206 g/mol. The standard InChI is InChI=1S/C11H19N3S/c1-3-9-6-11(14(2)13-9)7-12-10-4-5-15-8-10/h6,10,12H,3-5,7-8H2,1-2H3. The zero-order chi connectivity index (χ0) is 10.7. The summed E-state index contributed by atoms with van der Waals surface area (Å²) in [4.78, 5) is 0. The van der Waals surface area contributed by atoms with E-state index in [1.807, 2.05) is 23.5 Å². The van der Waals surface area contributed by atoms with Crippen LogP contribution in [0.5, 0.6) is 0 Å². The minimum Gasteiger partial charge on any atom is -0.308 e. The lowest BCUT2D eigenvalue weighted by atomic mass is 10.2. The Kier molecular flexibility index (Phi) is 3.70. The van der Waals surface area contributed by atoms with E-state index < -0.39 is 0 Å². The van der Waals surface area contributed by atoms with E-state index in [9.17, 15) is 0 Å². The zero-order valence-electron chi connectivity index (χ0n) is 9.49. The van der Waals surface area contributed by atoms with Crippen molar-refractivity contribution >= 4 is 11.8 Å². The Hall–Kier alpha value is -0.480. The van der Waals surface area contributed by atoms with Gasteiger partial charge < -0.3 is 5.32 Å². The molecule has 0 amide bonds. The van der Waals surface area contributed by atoms with Gasteiger partial charge in [-0.15, -0.1) is 0 Å². The van der Waals surface area contributed by atoms with Crippen LogP contribution in [0.1, 0.15) is 24.7 Å². The number of aryl methyl sites for hydroxylation is 2. The van der Waals surface area contributed by atoms with Crippen LogP contribution in [-0.4, -0.2) is 27.3 Å². The molecule has 1 atom stereocenters. The van der Waals surface area contributed by atoms with E-state index >= 15 is 0 Å². The highest BCUT2D eigenvalue weighted by Crippen LogP contribution is 2.17. The van der Waals surface area contributed by atoms with Crippen molar-refractivity contribution in [1.29, 1.82) is 0 Å². The first-order chi connectivity index (χ1) is 7.29. The molecule has 1 aromatic heterocycles. The van der Waals surface area contributed by atoms with Gasteiger partial charge in [0, 0.05) is 25.4 Å². The molecule has 0 spiro atoms. The van der Waals surface area contributed by atoms with E-state index in [2.05, 4.69) is 23.4 Å². The third kappa shape index (κ3) is 2.75. The number of thioether (sulfide) groups is 1. The third-order valence-corrected chi connectivity index (χ3v) is 4.05. The van der Waals surface area contributed by atoms with Crippen molar-refractivity contribution in [3.8, 4) is 0 Å². The van der Waals surface area contributed by atoms with Crippen molar-refractivity contribution in [2.24, 2.45) is 7.05 Å². The van der Waals surface area contributed by atoms with E-state index in [1.54, 1.807) is 0 Å². The molecule has 1 aliphatic rings. The first-order valence-corrected chi connectivity index (χ1v) is 6.78. The first kappa shape index (κ1) is 11.0. The summed E-state index contributed by atoms with van der Waals surface area (Å²) in [6.07, 6.45) is 2.33. The van der Waals surface area contributed by atoms with E-state index in [0.717, 1.165) is 13.0 Å². The maximum absolute atomic E-state index is 4.45. The van der Waals surface area contributed by atoms with Crippen LogP contribution in [0.2, 0.25) is 0 Å². The number of nitrogens with one attached hydrogen (secondary N) is 1. The molecule has 0 saturated carbocycles. The molecule has 4 heteroatoms. The Bertz CT molecular complexity index is 316. The molecule has 1 fully saturated rings. The summed E-state index contributed by atoms with van der Waals surface area (Å²) in [5.41, 5.74) is 2.49. The topological polar surface area (TPSA) is 29.9 Å². The molecule has 15 heavy (non-hydrogen) atoms. The number of nitrogens with zero attached hydrogens (tertiary/aromatic N) is 2. The molecule has 84 valence electrons. The van der Waals surface area contributed by atoms with Crippen molar-refractivity contribution < 1.29 is 0 Å². The van der Waals surface area contributed by atoms with Gasteiger partial charge in [-0.2, -0.15) is 16.9 Å². The molecule has 0 radical (unpaired) electrons. The lowest BCUT2D eigenvalue weighted by molar-refractivity contribution is 0.536. The highest BCUT2D eigenvalue weighted by Gasteiger charge is 2.15. The molecule has 3 nitrogen and oxygen atoms in total. The van der Waals surface area contributed by atoms with Gasteiger partial charge in [-0.1, -0.05) is 6.92 Å². The second kappa shape index (κ2) is 5.03. The summed E-state index contributed by atoms with van der Waals surface area (Å²) in [6.45, 7) is 3.10. The fourth-order valence-electron chi connectivity index (χ4n) is 1.85. The quantitative estimate of drug-likeness (QED) is 0.843. The molecule has 1 unspecified atom stereocenters. The van der Waals surface area contributed by atoms with Crippen molar-refractivity contribution in [3.05, 3.63) is 17.5 Å². The van der Waals surface area contributed by atoms with Crippen molar-refractivity contribution in [2.75, 3.05) is 11.5 Å². The lowest BCUT2D eigenvalue weighted by Crippen LogP contribution is -2.28. The maximum atomic E-state index is 4.45. The van der Waals surface area contributed by atoms with E-state index in [1.165, 1.54) is 29.3 Å². The average molecular weight is 225 g/mol. The van der Waals surface area contributed by atoms with Crippen LogP contribution in [0.25, 0.3) is 0 Å². The van der Waals surface area contributed by atoms with E-state index in [4.69, 9.17) is 0 Å². The molecule has 1 aromatic rings. The van der Waals surface area contributed by atoms with Gasteiger partial charge in [-0.3, -0.25) is 4.68 Å². The molecule has 0 aliphatic carbocycles. The second-order valence-electron chi connectivity index (χ2n) is 4.05. The summed E-state index contributed by atoms with van der Waals surface area (Å²) in [6, 6.07) is 2.91. The van der Waals surface area contributed by atoms with Crippen LogP contribution in [0.4, 0.5) is 0 Å². The van der Waals surface area contributed by atoms with Crippen LogP contribution >= 0.6 is 11.8 Å². The lowest BCUT2D eigenvalue weighted by Gasteiger charge is -2.10. The van der Waals surface area contributed by atoms with Gasteiger partial charge in [0.05, 0.1) is 11.4 Å².